The number of thiophene rings is 1. The zero-order valence-electron chi connectivity index (χ0n) is 12.1. The fourth-order valence-electron chi connectivity index (χ4n) is 2.45. The van der Waals surface area contributed by atoms with Gasteiger partial charge in [0.15, 0.2) is 0 Å². The Morgan fingerprint density at radius 1 is 1.45 bits per heavy atom. The van der Waals surface area contributed by atoms with E-state index in [0.717, 1.165) is 22.6 Å². The van der Waals surface area contributed by atoms with Crippen LogP contribution in [0.4, 0.5) is 0 Å². The third-order valence-corrected chi connectivity index (χ3v) is 4.84. The van der Waals surface area contributed by atoms with Gasteiger partial charge in [-0.1, -0.05) is 13.8 Å². The molecular formula is C16H22O3S. The van der Waals surface area contributed by atoms with Crippen LogP contribution in [0.15, 0.2) is 18.2 Å². The summed E-state index contributed by atoms with van der Waals surface area (Å²) in [6, 6.07) is 3.95. The molecule has 0 aromatic carbocycles. The first-order valence-corrected chi connectivity index (χ1v) is 7.88. The lowest BCUT2D eigenvalue weighted by atomic mass is 9.76. The molecule has 0 amide bonds. The number of hydrogen-bond donors (Lipinski definition) is 1. The molecule has 1 aromatic rings. The second-order valence-corrected chi connectivity index (χ2v) is 7.35. The predicted octanol–water partition coefficient (Wildman–Crippen LogP) is 4.33. The molecule has 0 saturated heterocycles. The standard InChI is InChI=1S/C16H22O3S/c1-16(2)9-7-12(8-10-16)19-11-14-4-3-13(20-14)5-6-15(17)18/h3-6,12H,7-11H2,1-2H3,(H,17,18)/b6-5+. The van der Waals surface area contributed by atoms with Gasteiger partial charge in [-0.2, -0.15) is 0 Å². The largest absolute Gasteiger partial charge is 0.478 e. The fraction of sp³-hybridized carbons (Fsp3) is 0.562. The minimum atomic E-state index is -0.916. The molecule has 2 rings (SSSR count). The van der Waals surface area contributed by atoms with Crippen LogP contribution in [-0.2, 0) is 16.1 Å². The predicted molar refractivity (Wildman–Crippen MR) is 81.8 cm³/mol. The van der Waals surface area contributed by atoms with Crippen molar-refractivity contribution in [1.82, 2.24) is 0 Å². The average molecular weight is 294 g/mol. The third kappa shape index (κ3) is 4.76. The molecule has 1 aliphatic carbocycles. The fourth-order valence-corrected chi connectivity index (χ4v) is 3.29. The Labute approximate surface area is 124 Å². The minimum Gasteiger partial charge on any atom is -0.478 e. The van der Waals surface area contributed by atoms with Crippen molar-refractivity contribution >= 4 is 23.4 Å². The first kappa shape index (κ1) is 15.3. The van der Waals surface area contributed by atoms with E-state index in [1.54, 1.807) is 17.4 Å². The highest BCUT2D eigenvalue weighted by Crippen LogP contribution is 2.36. The normalized spacial score (nSPS) is 19.5. The molecule has 0 bridgehead atoms. The quantitative estimate of drug-likeness (QED) is 0.822. The second-order valence-electron chi connectivity index (χ2n) is 6.15. The highest BCUT2D eigenvalue weighted by atomic mass is 32.1. The maximum atomic E-state index is 10.5. The Balaban J connectivity index is 1.79. The molecule has 1 aliphatic rings. The summed E-state index contributed by atoms with van der Waals surface area (Å²) >= 11 is 1.59. The summed E-state index contributed by atoms with van der Waals surface area (Å²) in [5.74, 6) is -0.916. The van der Waals surface area contributed by atoms with Gasteiger partial charge < -0.3 is 9.84 Å². The summed E-state index contributed by atoms with van der Waals surface area (Å²) in [5, 5.41) is 8.59. The SMILES string of the molecule is CC1(C)CCC(OCc2ccc(/C=C/C(=O)O)s2)CC1. The summed E-state index contributed by atoms with van der Waals surface area (Å²) in [6.07, 6.45) is 7.92. The van der Waals surface area contributed by atoms with Gasteiger partial charge in [-0.3, -0.25) is 0 Å². The number of carboxylic acid groups (broad SMARTS) is 1. The number of carboxylic acids is 1. The molecule has 1 aromatic heterocycles. The van der Waals surface area contributed by atoms with Gasteiger partial charge in [0.1, 0.15) is 0 Å². The van der Waals surface area contributed by atoms with Gasteiger partial charge in [0.2, 0.25) is 0 Å². The Morgan fingerprint density at radius 2 is 2.15 bits per heavy atom. The number of carbonyl (C=O) groups is 1. The summed E-state index contributed by atoms with van der Waals surface area (Å²) in [4.78, 5) is 12.6. The van der Waals surface area contributed by atoms with Gasteiger partial charge in [0.25, 0.3) is 0 Å². The molecule has 0 unspecified atom stereocenters. The number of hydrogen-bond acceptors (Lipinski definition) is 3. The molecule has 110 valence electrons. The van der Waals surface area contributed by atoms with Crippen molar-refractivity contribution in [2.75, 3.05) is 0 Å². The van der Waals surface area contributed by atoms with Crippen LogP contribution in [0.2, 0.25) is 0 Å². The van der Waals surface area contributed by atoms with Crippen LogP contribution >= 0.6 is 11.3 Å². The topological polar surface area (TPSA) is 46.5 Å². The van der Waals surface area contributed by atoms with E-state index in [-0.39, 0.29) is 0 Å². The molecule has 1 fully saturated rings. The lowest BCUT2D eigenvalue weighted by Crippen LogP contribution is -2.26. The van der Waals surface area contributed by atoms with Crippen molar-refractivity contribution < 1.29 is 14.6 Å². The summed E-state index contributed by atoms with van der Waals surface area (Å²) < 4.78 is 5.97. The molecule has 0 atom stereocenters. The van der Waals surface area contributed by atoms with Crippen LogP contribution < -0.4 is 0 Å². The maximum absolute atomic E-state index is 10.5. The molecule has 3 nitrogen and oxygen atoms in total. The van der Waals surface area contributed by atoms with Crippen LogP contribution in [0.5, 0.6) is 0 Å². The van der Waals surface area contributed by atoms with Crippen molar-refractivity contribution in [3.8, 4) is 0 Å². The first-order valence-electron chi connectivity index (χ1n) is 7.06. The molecule has 0 spiro atoms. The number of aliphatic carboxylic acids is 1. The summed E-state index contributed by atoms with van der Waals surface area (Å²) in [7, 11) is 0. The second kappa shape index (κ2) is 6.55. The lowest BCUT2D eigenvalue weighted by Gasteiger charge is -2.34. The highest BCUT2D eigenvalue weighted by Gasteiger charge is 2.27. The molecule has 4 heteroatoms. The third-order valence-electron chi connectivity index (χ3n) is 3.82. The summed E-state index contributed by atoms with van der Waals surface area (Å²) in [5.41, 5.74) is 0.470. The van der Waals surface area contributed by atoms with Crippen LogP contribution in [-0.4, -0.2) is 17.2 Å². The number of rotatable bonds is 5. The monoisotopic (exact) mass is 294 g/mol. The van der Waals surface area contributed by atoms with E-state index < -0.39 is 5.97 Å². The van der Waals surface area contributed by atoms with Gasteiger partial charge in [-0.25, -0.2) is 4.79 Å². The smallest absolute Gasteiger partial charge is 0.328 e. The first-order chi connectivity index (χ1) is 9.44. The van der Waals surface area contributed by atoms with Gasteiger partial charge >= 0.3 is 5.97 Å². The molecule has 0 radical (unpaired) electrons. The van der Waals surface area contributed by atoms with E-state index in [2.05, 4.69) is 13.8 Å². The maximum Gasteiger partial charge on any atom is 0.328 e. The molecular weight excluding hydrogens is 272 g/mol. The lowest BCUT2D eigenvalue weighted by molar-refractivity contribution is -0.131. The Kier molecular flexibility index (Phi) is 5.00. The Hall–Kier alpha value is -1.13. The van der Waals surface area contributed by atoms with Gasteiger partial charge in [-0.05, 0) is 49.3 Å². The van der Waals surface area contributed by atoms with Crippen molar-refractivity contribution in [1.29, 1.82) is 0 Å². The van der Waals surface area contributed by atoms with Crippen LogP contribution in [0.3, 0.4) is 0 Å². The van der Waals surface area contributed by atoms with E-state index in [1.165, 1.54) is 18.9 Å². The molecule has 1 N–H and O–H groups in total. The average Bonchev–Trinajstić information content (AvgIpc) is 2.83. The summed E-state index contributed by atoms with van der Waals surface area (Å²) in [6.45, 7) is 5.28. The van der Waals surface area contributed by atoms with Crippen molar-refractivity contribution in [2.45, 2.75) is 52.2 Å². The van der Waals surface area contributed by atoms with Crippen molar-refractivity contribution in [3.63, 3.8) is 0 Å². The zero-order chi connectivity index (χ0) is 14.6. The van der Waals surface area contributed by atoms with E-state index in [4.69, 9.17) is 9.84 Å². The zero-order valence-corrected chi connectivity index (χ0v) is 12.9. The van der Waals surface area contributed by atoms with Gasteiger partial charge in [0, 0.05) is 15.8 Å². The van der Waals surface area contributed by atoms with Crippen LogP contribution in [0.25, 0.3) is 6.08 Å². The van der Waals surface area contributed by atoms with Crippen LogP contribution in [0, 0.1) is 5.41 Å². The van der Waals surface area contributed by atoms with Gasteiger partial charge in [-0.15, -0.1) is 11.3 Å². The van der Waals surface area contributed by atoms with E-state index >= 15 is 0 Å². The Bertz CT molecular complexity index is 478. The van der Waals surface area contributed by atoms with Crippen LogP contribution in [0.1, 0.15) is 49.3 Å². The van der Waals surface area contributed by atoms with E-state index in [1.807, 2.05) is 12.1 Å². The molecule has 1 heterocycles. The number of ether oxygens (including phenoxy) is 1. The van der Waals surface area contributed by atoms with Crippen molar-refractivity contribution in [2.24, 2.45) is 5.41 Å². The molecule has 0 aliphatic heterocycles. The molecule has 1 saturated carbocycles. The highest BCUT2D eigenvalue weighted by molar-refractivity contribution is 7.12. The molecule has 20 heavy (non-hydrogen) atoms. The van der Waals surface area contributed by atoms with E-state index in [9.17, 15) is 4.79 Å². The van der Waals surface area contributed by atoms with Gasteiger partial charge in [0.05, 0.1) is 12.7 Å². The van der Waals surface area contributed by atoms with Crippen molar-refractivity contribution in [3.05, 3.63) is 28.0 Å². The Morgan fingerprint density at radius 3 is 2.80 bits per heavy atom. The van der Waals surface area contributed by atoms with E-state index in [0.29, 0.717) is 18.1 Å². The minimum absolute atomic E-state index is 0.378.